The number of benzene rings is 3. The van der Waals surface area contributed by atoms with Crippen LogP contribution in [0, 0.1) is 0 Å². The molecule has 0 fully saturated rings. The highest BCUT2D eigenvalue weighted by Gasteiger charge is 2.30. The molecule has 0 aliphatic heterocycles. The van der Waals surface area contributed by atoms with Crippen LogP contribution in [0.4, 0.5) is 5.69 Å². The first-order chi connectivity index (χ1) is 11.3. The number of rotatable bonds is 3. The molecule has 2 nitrogen and oxygen atoms in total. The normalized spacial score (nSPS) is 13.1. The number of Topliss-reactive ketones (excluding diaryl/α,β-unsaturated/α-hetero) is 1. The third-order valence-corrected chi connectivity index (χ3v) is 4.02. The molecule has 0 radical (unpaired) electrons. The Bertz CT molecular complexity index is 895. The Morgan fingerprint density at radius 3 is 1.87 bits per heavy atom. The van der Waals surface area contributed by atoms with Crippen molar-refractivity contribution in [3.8, 4) is 0 Å². The molecule has 0 aromatic heterocycles. The average Bonchev–Trinajstić information content (AvgIpc) is 2.89. The highest BCUT2D eigenvalue weighted by atomic mass is 16.1. The van der Waals surface area contributed by atoms with Crippen LogP contribution in [0.1, 0.15) is 21.5 Å². The van der Waals surface area contributed by atoms with Gasteiger partial charge in [0.05, 0.1) is 11.3 Å². The van der Waals surface area contributed by atoms with Gasteiger partial charge in [-0.05, 0) is 17.7 Å². The predicted molar refractivity (Wildman–Crippen MR) is 94.1 cm³/mol. The summed E-state index contributed by atoms with van der Waals surface area (Å²) in [5.74, 6) is 0.0743. The van der Waals surface area contributed by atoms with E-state index in [0.29, 0.717) is 0 Å². The highest BCUT2D eigenvalue weighted by molar-refractivity contribution is 6.40. The van der Waals surface area contributed by atoms with Crippen LogP contribution in [0.5, 0.6) is 0 Å². The molecule has 0 spiro atoms. The molecule has 1 aliphatic rings. The van der Waals surface area contributed by atoms with Gasteiger partial charge in [-0.3, -0.25) is 4.79 Å². The Hall–Kier alpha value is -3.13. The van der Waals surface area contributed by atoms with Gasteiger partial charge in [-0.1, -0.05) is 72.8 Å². The molecule has 3 aromatic rings. The second kappa shape index (κ2) is 5.58. The number of allylic oxidation sites excluding steroid dienone is 1. The molecule has 0 bridgehead atoms. The predicted octanol–water partition coefficient (Wildman–Crippen LogP) is 4.86. The van der Waals surface area contributed by atoms with Gasteiger partial charge in [-0.25, -0.2) is 0 Å². The molecule has 0 amide bonds. The van der Waals surface area contributed by atoms with E-state index in [-0.39, 0.29) is 5.78 Å². The van der Waals surface area contributed by atoms with Gasteiger partial charge in [0, 0.05) is 16.8 Å². The summed E-state index contributed by atoms with van der Waals surface area (Å²) in [7, 11) is 0. The van der Waals surface area contributed by atoms with Crippen LogP contribution in [0.15, 0.2) is 84.9 Å². The largest absolute Gasteiger partial charge is 0.354 e. The van der Waals surface area contributed by atoms with Crippen molar-refractivity contribution in [3.63, 3.8) is 0 Å². The SMILES string of the molecule is O=C1C(c2ccccc2)=C(Nc2ccccc2)c2ccccc21. The Morgan fingerprint density at radius 1 is 0.609 bits per heavy atom. The average molecular weight is 297 g/mol. The Balaban J connectivity index is 1.90. The van der Waals surface area contributed by atoms with Gasteiger partial charge in [-0.2, -0.15) is 0 Å². The van der Waals surface area contributed by atoms with Gasteiger partial charge in [0.15, 0.2) is 5.78 Å². The third kappa shape index (κ3) is 2.34. The minimum absolute atomic E-state index is 0.0743. The molecule has 4 rings (SSSR count). The molecular formula is C21H15NO. The summed E-state index contributed by atoms with van der Waals surface area (Å²) in [5.41, 5.74) is 5.23. The van der Waals surface area contributed by atoms with Crippen LogP contribution in [0.25, 0.3) is 11.3 Å². The second-order valence-corrected chi connectivity index (χ2v) is 5.48. The van der Waals surface area contributed by atoms with Crippen LogP contribution >= 0.6 is 0 Å². The Labute approximate surface area is 135 Å². The van der Waals surface area contributed by atoms with Gasteiger partial charge in [0.25, 0.3) is 0 Å². The van der Waals surface area contributed by atoms with Gasteiger partial charge >= 0.3 is 0 Å². The first-order valence-corrected chi connectivity index (χ1v) is 7.60. The summed E-state index contributed by atoms with van der Waals surface area (Å²) >= 11 is 0. The van der Waals surface area contributed by atoms with Crippen LogP contribution in [-0.2, 0) is 0 Å². The molecule has 2 heteroatoms. The number of fused-ring (bicyclic) bond motifs is 1. The van der Waals surface area contributed by atoms with Crippen LogP contribution < -0.4 is 5.32 Å². The lowest BCUT2D eigenvalue weighted by molar-refractivity contribution is 0.105. The highest BCUT2D eigenvalue weighted by Crippen LogP contribution is 2.38. The quantitative estimate of drug-likeness (QED) is 0.747. The number of hydrogen-bond acceptors (Lipinski definition) is 2. The first kappa shape index (κ1) is 13.5. The number of carbonyl (C=O) groups excluding carboxylic acids is 1. The van der Waals surface area contributed by atoms with Crippen molar-refractivity contribution in [2.45, 2.75) is 0 Å². The monoisotopic (exact) mass is 297 g/mol. The smallest absolute Gasteiger partial charge is 0.196 e. The molecule has 1 N–H and O–H groups in total. The number of hydrogen-bond donors (Lipinski definition) is 1. The van der Waals surface area contributed by atoms with Crippen molar-refractivity contribution < 1.29 is 4.79 Å². The fraction of sp³-hybridized carbons (Fsp3) is 0. The lowest BCUT2D eigenvalue weighted by atomic mass is 10.0. The van der Waals surface area contributed by atoms with Gasteiger partial charge < -0.3 is 5.32 Å². The second-order valence-electron chi connectivity index (χ2n) is 5.48. The van der Waals surface area contributed by atoms with Crippen molar-refractivity contribution >= 4 is 22.7 Å². The van der Waals surface area contributed by atoms with E-state index in [1.165, 1.54) is 0 Å². The fourth-order valence-electron chi connectivity index (χ4n) is 2.96. The zero-order chi connectivity index (χ0) is 15.6. The lowest BCUT2D eigenvalue weighted by Gasteiger charge is -2.11. The maximum absolute atomic E-state index is 12.9. The molecule has 3 aromatic carbocycles. The molecule has 0 atom stereocenters. The van der Waals surface area contributed by atoms with Crippen LogP contribution in [0.3, 0.4) is 0 Å². The van der Waals surface area contributed by atoms with E-state index in [1.54, 1.807) is 0 Å². The third-order valence-electron chi connectivity index (χ3n) is 4.02. The summed E-state index contributed by atoms with van der Waals surface area (Å²) in [5, 5.41) is 3.43. The first-order valence-electron chi connectivity index (χ1n) is 7.60. The number of anilines is 1. The van der Waals surface area contributed by atoms with E-state index in [4.69, 9.17) is 0 Å². The Morgan fingerprint density at radius 2 is 1.17 bits per heavy atom. The molecule has 110 valence electrons. The van der Waals surface area contributed by atoms with Crippen molar-refractivity contribution in [3.05, 3.63) is 102 Å². The summed E-state index contributed by atoms with van der Waals surface area (Å²) in [6.45, 7) is 0. The topological polar surface area (TPSA) is 29.1 Å². The molecule has 0 saturated heterocycles. The van der Waals surface area contributed by atoms with Crippen LogP contribution in [-0.4, -0.2) is 5.78 Å². The zero-order valence-corrected chi connectivity index (χ0v) is 12.5. The fourth-order valence-corrected chi connectivity index (χ4v) is 2.96. The van der Waals surface area contributed by atoms with E-state index in [9.17, 15) is 4.79 Å². The molecule has 0 saturated carbocycles. The molecule has 0 heterocycles. The number of carbonyl (C=O) groups is 1. The molecule has 0 unspecified atom stereocenters. The molecule has 23 heavy (non-hydrogen) atoms. The summed E-state index contributed by atoms with van der Waals surface area (Å²) in [4.78, 5) is 12.9. The summed E-state index contributed by atoms with van der Waals surface area (Å²) in [6, 6.07) is 27.5. The van der Waals surface area contributed by atoms with Crippen LogP contribution in [0.2, 0.25) is 0 Å². The van der Waals surface area contributed by atoms with Crippen molar-refractivity contribution in [1.29, 1.82) is 0 Å². The maximum atomic E-state index is 12.9. The summed E-state index contributed by atoms with van der Waals surface area (Å²) in [6.07, 6.45) is 0. The minimum Gasteiger partial charge on any atom is -0.354 e. The zero-order valence-electron chi connectivity index (χ0n) is 12.5. The minimum atomic E-state index is 0.0743. The van der Waals surface area contributed by atoms with E-state index in [1.807, 2.05) is 84.9 Å². The lowest BCUT2D eigenvalue weighted by Crippen LogP contribution is -2.01. The van der Waals surface area contributed by atoms with Gasteiger partial charge in [0.1, 0.15) is 0 Å². The van der Waals surface area contributed by atoms with Crippen molar-refractivity contribution in [2.24, 2.45) is 0 Å². The Kier molecular flexibility index (Phi) is 3.28. The number of nitrogens with one attached hydrogen (secondary N) is 1. The van der Waals surface area contributed by atoms with E-state index >= 15 is 0 Å². The molecular weight excluding hydrogens is 282 g/mol. The summed E-state index contributed by atoms with van der Waals surface area (Å²) < 4.78 is 0. The standard InChI is InChI=1S/C21H15NO/c23-21-18-14-8-7-13-17(18)20(22-16-11-5-2-6-12-16)19(21)15-9-3-1-4-10-15/h1-14,22H. The van der Waals surface area contributed by atoms with Gasteiger partial charge in [0.2, 0.25) is 0 Å². The van der Waals surface area contributed by atoms with Crippen molar-refractivity contribution in [2.75, 3.05) is 5.32 Å². The van der Waals surface area contributed by atoms with E-state index in [0.717, 1.165) is 33.6 Å². The number of para-hydroxylation sites is 1. The van der Waals surface area contributed by atoms with E-state index < -0.39 is 0 Å². The van der Waals surface area contributed by atoms with E-state index in [2.05, 4.69) is 5.32 Å². The van der Waals surface area contributed by atoms with Gasteiger partial charge in [-0.15, -0.1) is 0 Å². The molecule has 1 aliphatic carbocycles. The number of ketones is 1. The van der Waals surface area contributed by atoms with Crippen molar-refractivity contribution in [1.82, 2.24) is 0 Å². The maximum Gasteiger partial charge on any atom is 0.196 e.